The van der Waals surface area contributed by atoms with Gasteiger partial charge >= 0.3 is 0 Å². The summed E-state index contributed by atoms with van der Waals surface area (Å²) in [4.78, 5) is 25.1. The summed E-state index contributed by atoms with van der Waals surface area (Å²) in [5.74, 6) is 2.15. The minimum atomic E-state index is -0.172. The molecular weight excluding hydrogens is 546 g/mol. The molecule has 1 atom stereocenters. The number of benzene rings is 3. The third kappa shape index (κ3) is 7.15. The maximum atomic E-state index is 13.2. The first-order valence-corrected chi connectivity index (χ1v) is 14.2. The Morgan fingerprint density at radius 1 is 1.07 bits per heavy atom. The van der Waals surface area contributed by atoms with Crippen LogP contribution >= 0.6 is 0 Å². The average molecular weight is 582 g/mol. The van der Waals surface area contributed by atoms with Gasteiger partial charge in [0.15, 0.2) is 0 Å². The van der Waals surface area contributed by atoms with Crippen LogP contribution < -0.4 is 9.47 Å². The number of carbonyl (C=O) groups is 1. The van der Waals surface area contributed by atoms with E-state index in [0.29, 0.717) is 61.0 Å². The van der Waals surface area contributed by atoms with Crippen LogP contribution in [0.1, 0.15) is 44.6 Å². The number of ether oxygens (including phenoxy) is 2. The van der Waals surface area contributed by atoms with Crippen LogP contribution in [0.25, 0.3) is 0 Å². The Morgan fingerprint density at radius 2 is 1.86 bits per heavy atom. The SMILES string of the molecule is Cc1ccc(O)c(C(=O)N2CCN(C(Cc3ccc(C#N)c(Oc4cccc(OCCO)c4)c3)c3cnc(C)[nH]3)CC2)c1. The number of aromatic amines is 1. The topological polar surface area (TPSA) is 135 Å². The molecule has 1 aromatic heterocycles. The Labute approximate surface area is 250 Å². The molecule has 10 nitrogen and oxygen atoms in total. The van der Waals surface area contributed by atoms with Gasteiger partial charge in [-0.3, -0.25) is 9.69 Å². The number of piperazine rings is 1. The van der Waals surface area contributed by atoms with E-state index in [0.717, 1.165) is 22.6 Å². The second-order valence-corrected chi connectivity index (χ2v) is 10.6. The molecule has 5 rings (SSSR count). The first-order chi connectivity index (χ1) is 20.8. The molecule has 1 amide bonds. The summed E-state index contributed by atoms with van der Waals surface area (Å²) in [5, 5.41) is 29.1. The molecule has 3 N–H and O–H groups in total. The number of aromatic nitrogens is 2. The molecule has 3 aromatic carbocycles. The van der Waals surface area contributed by atoms with Gasteiger partial charge in [0.25, 0.3) is 5.91 Å². The first-order valence-electron chi connectivity index (χ1n) is 14.2. The lowest BCUT2D eigenvalue weighted by Gasteiger charge is -2.39. The summed E-state index contributed by atoms with van der Waals surface area (Å²) in [7, 11) is 0. The van der Waals surface area contributed by atoms with E-state index in [1.807, 2.05) is 32.2 Å². The number of phenolic OH excluding ortho intramolecular Hbond substituents is 1. The smallest absolute Gasteiger partial charge is 0.257 e. The molecule has 0 spiro atoms. The number of hydrogen-bond donors (Lipinski definition) is 3. The number of aryl methyl sites for hydroxylation is 2. The van der Waals surface area contributed by atoms with Crippen LogP contribution in [0.5, 0.6) is 23.0 Å². The zero-order valence-electron chi connectivity index (χ0n) is 24.3. The maximum absolute atomic E-state index is 13.2. The molecular formula is C33H35N5O5. The Morgan fingerprint density at radius 3 is 2.58 bits per heavy atom. The van der Waals surface area contributed by atoms with E-state index in [1.54, 1.807) is 53.4 Å². The lowest BCUT2D eigenvalue weighted by Crippen LogP contribution is -2.50. The highest BCUT2D eigenvalue weighted by Gasteiger charge is 2.30. The van der Waals surface area contributed by atoms with Crippen molar-refractivity contribution in [3.8, 4) is 29.1 Å². The molecule has 222 valence electrons. The van der Waals surface area contributed by atoms with Crippen molar-refractivity contribution < 1.29 is 24.5 Å². The largest absolute Gasteiger partial charge is 0.507 e. The number of aliphatic hydroxyl groups excluding tert-OH is 1. The van der Waals surface area contributed by atoms with Crippen LogP contribution in [-0.2, 0) is 6.42 Å². The standard InChI is InChI=1S/C33H35N5O5/c1-22-6-9-31(40)28(16-22)33(41)38-12-10-37(11-13-38)30(29-21-35-23(2)36-29)17-24-7-8-25(20-34)32(18-24)43-27-5-3-4-26(19-27)42-15-14-39/h3-9,16,18-19,21,30,39-40H,10-15,17H2,1-2H3,(H,35,36). The third-order valence-electron chi connectivity index (χ3n) is 7.50. The number of H-pyrrole nitrogens is 1. The lowest BCUT2D eigenvalue weighted by molar-refractivity contribution is 0.0560. The number of imidazole rings is 1. The number of nitriles is 1. The molecule has 1 fully saturated rings. The van der Waals surface area contributed by atoms with Crippen molar-refractivity contribution in [2.24, 2.45) is 0 Å². The average Bonchev–Trinajstić information content (AvgIpc) is 3.46. The first kappa shape index (κ1) is 29.6. The predicted molar refractivity (Wildman–Crippen MR) is 160 cm³/mol. The predicted octanol–water partition coefficient (Wildman–Crippen LogP) is 4.51. The summed E-state index contributed by atoms with van der Waals surface area (Å²) in [6, 6.07) is 19.9. The molecule has 1 unspecified atom stereocenters. The molecule has 0 aliphatic carbocycles. The van der Waals surface area contributed by atoms with Crippen LogP contribution in [0.15, 0.2) is 66.9 Å². The number of hydrogen-bond acceptors (Lipinski definition) is 8. The van der Waals surface area contributed by atoms with Gasteiger partial charge in [-0.15, -0.1) is 0 Å². The van der Waals surface area contributed by atoms with Crippen molar-refractivity contribution in [1.82, 2.24) is 19.8 Å². The highest BCUT2D eigenvalue weighted by atomic mass is 16.5. The van der Waals surface area contributed by atoms with Crippen LogP contribution in [0.4, 0.5) is 0 Å². The lowest BCUT2D eigenvalue weighted by atomic mass is 9.99. The number of nitrogens with zero attached hydrogens (tertiary/aromatic N) is 4. The quantitative estimate of drug-likeness (QED) is 0.249. The molecule has 0 saturated carbocycles. The molecule has 2 heterocycles. The van der Waals surface area contributed by atoms with E-state index >= 15 is 0 Å². The van der Waals surface area contributed by atoms with Gasteiger partial charge < -0.3 is 29.6 Å². The van der Waals surface area contributed by atoms with Gasteiger partial charge in [-0.1, -0.05) is 23.8 Å². The molecule has 0 bridgehead atoms. The Kier molecular flexibility index (Phi) is 9.25. The van der Waals surface area contributed by atoms with E-state index in [4.69, 9.17) is 14.6 Å². The van der Waals surface area contributed by atoms with Crippen molar-refractivity contribution in [3.05, 3.63) is 101 Å². The number of carbonyl (C=O) groups excluding carboxylic acids is 1. The number of rotatable bonds is 10. The van der Waals surface area contributed by atoms with Crippen molar-refractivity contribution in [1.29, 1.82) is 5.26 Å². The summed E-state index contributed by atoms with van der Waals surface area (Å²) in [6.07, 6.45) is 2.47. The van der Waals surface area contributed by atoms with E-state index < -0.39 is 0 Å². The number of phenols is 1. The number of nitrogens with one attached hydrogen (secondary N) is 1. The molecule has 0 radical (unpaired) electrons. The fraction of sp³-hybridized carbons (Fsp3) is 0.303. The number of aliphatic hydroxyl groups is 1. The summed E-state index contributed by atoms with van der Waals surface area (Å²) in [6.45, 7) is 6.21. The van der Waals surface area contributed by atoms with Gasteiger partial charge in [0, 0.05) is 38.4 Å². The fourth-order valence-corrected chi connectivity index (χ4v) is 5.28. The van der Waals surface area contributed by atoms with Crippen LogP contribution in [-0.4, -0.2) is 75.3 Å². The molecule has 1 aliphatic heterocycles. The zero-order valence-corrected chi connectivity index (χ0v) is 24.3. The van der Waals surface area contributed by atoms with E-state index in [1.165, 1.54) is 0 Å². The van der Waals surface area contributed by atoms with Crippen LogP contribution in [0, 0.1) is 25.2 Å². The molecule has 1 saturated heterocycles. The Bertz CT molecular complexity index is 1620. The second kappa shape index (κ2) is 13.4. The normalized spacial score (nSPS) is 14.2. The van der Waals surface area contributed by atoms with Crippen molar-refractivity contribution >= 4 is 5.91 Å². The van der Waals surface area contributed by atoms with E-state index in [9.17, 15) is 15.2 Å². The van der Waals surface area contributed by atoms with Crippen LogP contribution in [0.2, 0.25) is 0 Å². The fourth-order valence-electron chi connectivity index (χ4n) is 5.28. The molecule has 4 aromatic rings. The van der Waals surface area contributed by atoms with Gasteiger partial charge in [-0.05, 0) is 62.2 Å². The summed E-state index contributed by atoms with van der Waals surface area (Å²) in [5.41, 5.74) is 3.59. The van der Waals surface area contributed by atoms with Gasteiger partial charge in [-0.2, -0.15) is 5.26 Å². The zero-order chi connectivity index (χ0) is 30.3. The highest BCUT2D eigenvalue weighted by Crippen LogP contribution is 2.32. The van der Waals surface area contributed by atoms with Crippen molar-refractivity contribution in [3.63, 3.8) is 0 Å². The van der Waals surface area contributed by atoms with Crippen molar-refractivity contribution in [2.45, 2.75) is 26.3 Å². The summed E-state index contributed by atoms with van der Waals surface area (Å²) >= 11 is 0. The van der Waals surface area contributed by atoms with Gasteiger partial charge in [0.1, 0.15) is 41.5 Å². The minimum absolute atomic E-state index is 0.00732. The highest BCUT2D eigenvalue weighted by molar-refractivity contribution is 5.97. The Hall–Kier alpha value is -4.85. The molecule has 43 heavy (non-hydrogen) atoms. The minimum Gasteiger partial charge on any atom is -0.507 e. The number of aromatic hydroxyl groups is 1. The van der Waals surface area contributed by atoms with E-state index in [-0.39, 0.29) is 30.9 Å². The third-order valence-corrected chi connectivity index (χ3v) is 7.50. The van der Waals surface area contributed by atoms with Gasteiger partial charge in [0.05, 0.1) is 29.5 Å². The van der Waals surface area contributed by atoms with Crippen LogP contribution in [0.3, 0.4) is 0 Å². The monoisotopic (exact) mass is 581 g/mol. The maximum Gasteiger partial charge on any atom is 0.257 e. The number of amides is 1. The Balaban J connectivity index is 1.34. The van der Waals surface area contributed by atoms with Gasteiger partial charge in [0.2, 0.25) is 0 Å². The van der Waals surface area contributed by atoms with Crippen molar-refractivity contribution in [2.75, 3.05) is 39.4 Å². The van der Waals surface area contributed by atoms with E-state index in [2.05, 4.69) is 20.9 Å². The summed E-state index contributed by atoms with van der Waals surface area (Å²) < 4.78 is 11.6. The second-order valence-electron chi connectivity index (χ2n) is 10.6. The molecule has 1 aliphatic rings. The molecule has 10 heteroatoms. The van der Waals surface area contributed by atoms with Gasteiger partial charge in [-0.25, -0.2) is 4.98 Å².